The molecular formula is C11H18N2O. The third-order valence-corrected chi connectivity index (χ3v) is 1.81. The van der Waals surface area contributed by atoms with Crippen LogP contribution in [0.25, 0.3) is 0 Å². The van der Waals surface area contributed by atoms with Gasteiger partial charge in [-0.25, -0.2) is 0 Å². The summed E-state index contributed by atoms with van der Waals surface area (Å²) in [5, 5.41) is 3.10. The summed E-state index contributed by atoms with van der Waals surface area (Å²) >= 11 is 0. The molecule has 1 heterocycles. The van der Waals surface area contributed by atoms with E-state index in [1.165, 1.54) is 0 Å². The van der Waals surface area contributed by atoms with Crippen molar-refractivity contribution in [1.82, 2.24) is 10.3 Å². The van der Waals surface area contributed by atoms with E-state index in [-0.39, 0.29) is 6.10 Å². The molecule has 0 atom stereocenters. The largest absolute Gasteiger partial charge is 0.491 e. The predicted molar refractivity (Wildman–Crippen MR) is 57.5 cm³/mol. The van der Waals surface area contributed by atoms with E-state index in [2.05, 4.69) is 10.3 Å². The number of rotatable bonds is 4. The first-order valence-electron chi connectivity index (χ1n) is 4.90. The number of ether oxygens (including phenoxy) is 1. The zero-order valence-electron chi connectivity index (χ0n) is 9.29. The van der Waals surface area contributed by atoms with Crippen molar-refractivity contribution in [2.45, 2.75) is 33.4 Å². The minimum atomic E-state index is 0.201. The lowest BCUT2D eigenvalue weighted by Gasteiger charge is -2.14. The number of nitrogens with one attached hydrogen (secondary N) is 1. The first-order valence-corrected chi connectivity index (χ1v) is 4.90. The second kappa shape index (κ2) is 4.96. The van der Waals surface area contributed by atoms with Crippen LogP contribution in [0.3, 0.4) is 0 Å². The van der Waals surface area contributed by atoms with Crippen LogP contribution in [-0.2, 0) is 6.54 Å². The Hall–Kier alpha value is -1.09. The molecule has 0 saturated heterocycles. The van der Waals surface area contributed by atoms with Crippen molar-refractivity contribution in [3.63, 3.8) is 0 Å². The Morgan fingerprint density at radius 1 is 1.50 bits per heavy atom. The number of aryl methyl sites for hydroxylation is 1. The lowest BCUT2D eigenvalue weighted by Crippen LogP contribution is -2.12. The van der Waals surface area contributed by atoms with Gasteiger partial charge in [-0.05, 0) is 27.8 Å². The van der Waals surface area contributed by atoms with Crippen molar-refractivity contribution in [2.75, 3.05) is 7.05 Å². The van der Waals surface area contributed by atoms with E-state index in [4.69, 9.17) is 4.74 Å². The highest BCUT2D eigenvalue weighted by molar-refractivity contribution is 5.32. The molecule has 0 radical (unpaired) electrons. The molecule has 0 aromatic carbocycles. The van der Waals surface area contributed by atoms with Gasteiger partial charge < -0.3 is 10.1 Å². The molecule has 0 aliphatic rings. The van der Waals surface area contributed by atoms with E-state index in [1.54, 1.807) is 0 Å². The van der Waals surface area contributed by atoms with Crippen LogP contribution in [0.5, 0.6) is 5.75 Å². The lowest BCUT2D eigenvalue weighted by molar-refractivity contribution is 0.239. The molecule has 1 N–H and O–H groups in total. The fraction of sp³-hybridized carbons (Fsp3) is 0.545. The normalized spacial score (nSPS) is 10.6. The van der Waals surface area contributed by atoms with Crippen LogP contribution < -0.4 is 10.1 Å². The fourth-order valence-electron chi connectivity index (χ4n) is 1.25. The van der Waals surface area contributed by atoms with Crippen molar-refractivity contribution in [2.24, 2.45) is 0 Å². The number of nitrogens with zero attached hydrogens (tertiary/aromatic N) is 1. The Kier molecular flexibility index (Phi) is 3.89. The molecule has 3 nitrogen and oxygen atoms in total. The van der Waals surface area contributed by atoms with Crippen LogP contribution >= 0.6 is 0 Å². The van der Waals surface area contributed by atoms with Crippen molar-refractivity contribution in [3.8, 4) is 5.75 Å². The van der Waals surface area contributed by atoms with E-state index in [9.17, 15) is 0 Å². The molecule has 1 aromatic heterocycles. The molecule has 0 aliphatic carbocycles. The average molecular weight is 194 g/mol. The molecule has 0 spiro atoms. The molecule has 1 aromatic rings. The minimum absolute atomic E-state index is 0.201. The summed E-state index contributed by atoms with van der Waals surface area (Å²) in [6.07, 6.45) is 2.07. The minimum Gasteiger partial charge on any atom is -0.491 e. The molecule has 14 heavy (non-hydrogen) atoms. The molecule has 0 aliphatic heterocycles. The van der Waals surface area contributed by atoms with Crippen molar-refractivity contribution >= 4 is 0 Å². The molecule has 0 amide bonds. The van der Waals surface area contributed by atoms with Gasteiger partial charge in [-0.2, -0.15) is 0 Å². The van der Waals surface area contributed by atoms with Crippen molar-refractivity contribution in [3.05, 3.63) is 23.5 Å². The van der Waals surface area contributed by atoms with Crippen LogP contribution in [0.4, 0.5) is 0 Å². The number of hydrogen-bond acceptors (Lipinski definition) is 3. The molecule has 3 heteroatoms. The van der Waals surface area contributed by atoms with E-state index < -0.39 is 0 Å². The van der Waals surface area contributed by atoms with Crippen LogP contribution in [-0.4, -0.2) is 18.1 Å². The molecule has 0 saturated carbocycles. The predicted octanol–water partition coefficient (Wildman–Crippen LogP) is 1.90. The van der Waals surface area contributed by atoms with Crippen molar-refractivity contribution < 1.29 is 4.74 Å². The SMILES string of the molecule is CNCc1cnc(C)cc1OC(C)C. The van der Waals surface area contributed by atoms with Crippen molar-refractivity contribution in [1.29, 1.82) is 0 Å². The van der Waals surface area contributed by atoms with Gasteiger partial charge in [0.25, 0.3) is 0 Å². The average Bonchev–Trinajstić information content (AvgIpc) is 2.09. The van der Waals surface area contributed by atoms with E-state index >= 15 is 0 Å². The topological polar surface area (TPSA) is 34.2 Å². The maximum Gasteiger partial charge on any atom is 0.127 e. The Morgan fingerprint density at radius 3 is 2.79 bits per heavy atom. The van der Waals surface area contributed by atoms with Gasteiger partial charge >= 0.3 is 0 Å². The highest BCUT2D eigenvalue weighted by atomic mass is 16.5. The Labute approximate surface area is 85.5 Å². The molecular weight excluding hydrogens is 176 g/mol. The smallest absolute Gasteiger partial charge is 0.127 e. The molecule has 0 unspecified atom stereocenters. The first-order chi connectivity index (χ1) is 6.63. The third kappa shape index (κ3) is 3.00. The summed E-state index contributed by atoms with van der Waals surface area (Å²) in [5.41, 5.74) is 2.09. The van der Waals surface area contributed by atoms with Gasteiger partial charge in [0.1, 0.15) is 5.75 Å². The van der Waals surface area contributed by atoms with E-state index in [0.717, 1.165) is 23.6 Å². The highest BCUT2D eigenvalue weighted by Crippen LogP contribution is 2.19. The quantitative estimate of drug-likeness (QED) is 0.795. The fourth-order valence-corrected chi connectivity index (χ4v) is 1.25. The molecule has 78 valence electrons. The van der Waals surface area contributed by atoms with Gasteiger partial charge in [0, 0.05) is 30.1 Å². The molecule has 0 fully saturated rings. The maximum atomic E-state index is 5.70. The summed E-state index contributed by atoms with van der Waals surface area (Å²) in [6, 6.07) is 1.98. The third-order valence-electron chi connectivity index (χ3n) is 1.81. The number of aromatic nitrogens is 1. The van der Waals surface area contributed by atoms with Crippen LogP contribution in [0.2, 0.25) is 0 Å². The summed E-state index contributed by atoms with van der Waals surface area (Å²) in [5.74, 6) is 0.932. The van der Waals surface area contributed by atoms with Crippen LogP contribution in [0, 0.1) is 6.92 Å². The standard InChI is InChI=1S/C11H18N2O/c1-8(2)14-11-5-9(3)13-7-10(11)6-12-4/h5,7-8,12H,6H2,1-4H3. The highest BCUT2D eigenvalue weighted by Gasteiger charge is 2.05. The van der Waals surface area contributed by atoms with Gasteiger partial charge in [0.15, 0.2) is 0 Å². The molecule has 0 bridgehead atoms. The van der Waals surface area contributed by atoms with E-state index in [1.807, 2.05) is 40.1 Å². The zero-order valence-corrected chi connectivity index (χ0v) is 9.29. The van der Waals surface area contributed by atoms with Crippen LogP contribution in [0.15, 0.2) is 12.3 Å². The molecule has 1 rings (SSSR count). The van der Waals surface area contributed by atoms with Gasteiger partial charge in [-0.15, -0.1) is 0 Å². The summed E-state index contributed by atoms with van der Waals surface area (Å²) in [4.78, 5) is 4.25. The summed E-state index contributed by atoms with van der Waals surface area (Å²) < 4.78 is 5.70. The van der Waals surface area contributed by atoms with E-state index in [0.29, 0.717) is 0 Å². The second-order valence-electron chi connectivity index (χ2n) is 3.63. The second-order valence-corrected chi connectivity index (χ2v) is 3.63. The Balaban J connectivity index is 2.90. The summed E-state index contributed by atoms with van der Waals surface area (Å²) in [7, 11) is 1.92. The van der Waals surface area contributed by atoms with Gasteiger partial charge in [0.05, 0.1) is 6.10 Å². The van der Waals surface area contributed by atoms with Gasteiger partial charge in [-0.3, -0.25) is 4.98 Å². The zero-order chi connectivity index (χ0) is 10.6. The van der Waals surface area contributed by atoms with Gasteiger partial charge in [0.2, 0.25) is 0 Å². The first kappa shape index (κ1) is 11.0. The monoisotopic (exact) mass is 194 g/mol. The number of pyridine rings is 1. The maximum absolute atomic E-state index is 5.70. The summed E-state index contributed by atoms with van der Waals surface area (Å²) in [6.45, 7) is 6.81. The Morgan fingerprint density at radius 2 is 2.21 bits per heavy atom. The van der Waals surface area contributed by atoms with Gasteiger partial charge in [-0.1, -0.05) is 0 Å². The van der Waals surface area contributed by atoms with Crippen LogP contribution in [0.1, 0.15) is 25.1 Å². The Bertz CT molecular complexity index is 297. The lowest BCUT2D eigenvalue weighted by atomic mass is 10.2. The number of hydrogen-bond donors (Lipinski definition) is 1.